The molecule has 0 spiro atoms. The fourth-order valence-corrected chi connectivity index (χ4v) is 2.69. The number of likely N-dealkylation sites (tertiary alicyclic amines) is 1. The zero-order valence-corrected chi connectivity index (χ0v) is 13.2. The molecule has 1 aliphatic heterocycles. The van der Waals surface area contributed by atoms with Gasteiger partial charge in [-0.1, -0.05) is 6.07 Å². The molecule has 5 nitrogen and oxygen atoms in total. The van der Waals surface area contributed by atoms with Crippen LogP contribution in [0, 0.1) is 12.8 Å². The van der Waals surface area contributed by atoms with Crippen LogP contribution in [-0.4, -0.2) is 47.6 Å². The molecule has 2 rings (SSSR count). The van der Waals surface area contributed by atoms with Crippen molar-refractivity contribution in [2.45, 2.75) is 25.9 Å². The Labute approximate surface area is 137 Å². The number of aromatic hydroxyl groups is 1. The molecule has 2 N–H and O–H groups in total. The molecule has 0 aliphatic carbocycles. The Bertz CT molecular complexity index is 623. The van der Waals surface area contributed by atoms with E-state index in [-0.39, 0.29) is 30.3 Å². The summed E-state index contributed by atoms with van der Waals surface area (Å²) < 4.78 is 37.1. The Morgan fingerprint density at radius 1 is 1.29 bits per heavy atom. The van der Waals surface area contributed by atoms with Crippen LogP contribution in [-0.2, 0) is 4.79 Å². The average Bonchev–Trinajstić information content (AvgIpc) is 2.51. The number of phenols is 1. The van der Waals surface area contributed by atoms with Gasteiger partial charge in [0.2, 0.25) is 0 Å². The summed E-state index contributed by atoms with van der Waals surface area (Å²) >= 11 is 0. The van der Waals surface area contributed by atoms with Gasteiger partial charge in [0.1, 0.15) is 5.75 Å². The Hall–Kier alpha value is -2.25. The molecule has 2 amide bonds. The van der Waals surface area contributed by atoms with Crippen molar-refractivity contribution < 1.29 is 27.9 Å². The van der Waals surface area contributed by atoms with Crippen molar-refractivity contribution in [3.8, 4) is 5.75 Å². The molecular weight excluding hydrogens is 325 g/mol. The maximum absolute atomic E-state index is 12.4. The van der Waals surface area contributed by atoms with E-state index in [1.54, 1.807) is 13.0 Å². The third-order valence-electron chi connectivity index (χ3n) is 4.09. The fourth-order valence-electron chi connectivity index (χ4n) is 2.69. The van der Waals surface area contributed by atoms with Crippen LogP contribution in [0.25, 0.3) is 0 Å². The largest absolute Gasteiger partial charge is 0.507 e. The minimum Gasteiger partial charge on any atom is -0.507 e. The van der Waals surface area contributed by atoms with Gasteiger partial charge in [-0.15, -0.1) is 0 Å². The van der Waals surface area contributed by atoms with E-state index in [9.17, 15) is 27.9 Å². The van der Waals surface area contributed by atoms with E-state index < -0.39 is 18.0 Å². The van der Waals surface area contributed by atoms with Gasteiger partial charge in [-0.05, 0) is 43.4 Å². The summed E-state index contributed by atoms with van der Waals surface area (Å²) in [4.78, 5) is 24.0. The van der Waals surface area contributed by atoms with Gasteiger partial charge >= 0.3 is 12.1 Å². The molecule has 1 aromatic rings. The molecule has 0 unspecified atom stereocenters. The summed E-state index contributed by atoms with van der Waals surface area (Å²) in [5, 5.41) is 12.4. The van der Waals surface area contributed by atoms with E-state index in [4.69, 9.17) is 0 Å². The van der Waals surface area contributed by atoms with E-state index in [2.05, 4.69) is 5.32 Å². The topological polar surface area (TPSA) is 69.6 Å². The summed E-state index contributed by atoms with van der Waals surface area (Å²) in [6.07, 6.45) is -4.06. The summed E-state index contributed by atoms with van der Waals surface area (Å²) in [5.74, 6) is -2.35. The number of rotatable bonds is 3. The minimum atomic E-state index is -4.84. The smallest absolute Gasteiger partial charge is 0.471 e. The standard InChI is InChI=1S/C16H19F3N2O3/c1-10-2-3-12(13(22)8-10)14(23)20-9-11-4-6-21(7-5-11)15(24)16(17,18)19/h2-3,8,11,22H,4-7,9H2,1H3,(H,20,23). The Balaban J connectivity index is 1.82. The van der Waals surface area contributed by atoms with Gasteiger partial charge in [0.25, 0.3) is 5.91 Å². The average molecular weight is 344 g/mol. The highest BCUT2D eigenvalue weighted by Crippen LogP contribution is 2.24. The lowest BCUT2D eigenvalue weighted by Gasteiger charge is -2.32. The lowest BCUT2D eigenvalue weighted by molar-refractivity contribution is -0.186. The molecule has 0 aromatic heterocycles. The number of carbonyl (C=O) groups excluding carboxylic acids is 2. The molecule has 1 aliphatic rings. The first kappa shape index (κ1) is 18.1. The van der Waals surface area contributed by atoms with Crippen molar-refractivity contribution >= 4 is 11.8 Å². The third kappa shape index (κ3) is 4.39. The van der Waals surface area contributed by atoms with E-state index in [1.807, 2.05) is 0 Å². The zero-order valence-electron chi connectivity index (χ0n) is 13.2. The summed E-state index contributed by atoms with van der Waals surface area (Å²) in [7, 11) is 0. The molecule has 24 heavy (non-hydrogen) atoms. The lowest BCUT2D eigenvalue weighted by Crippen LogP contribution is -2.46. The van der Waals surface area contributed by atoms with Gasteiger partial charge in [0, 0.05) is 19.6 Å². The number of phenolic OH excluding ortho intramolecular Hbond substituents is 1. The number of carbonyl (C=O) groups is 2. The Morgan fingerprint density at radius 2 is 1.92 bits per heavy atom. The van der Waals surface area contributed by atoms with Crippen molar-refractivity contribution in [3.05, 3.63) is 29.3 Å². The van der Waals surface area contributed by atoms with Gasteiger partial charge in [-0.3, -0.25) is 9.59 Å². The van der Waals surface area contributed by atoms with Gasteiger partial charge in [-0.25, -0.2) is 0 Å². The van der Waals surface area contributed by atoms with Gasteiger partial charge in [-0.2, -0.15) is 13.2 Å². The first-order valence-electron chi connectivity index (χ1n) is 7.62. The molecule has 1 fully saturated rings. The number of amides is 2. The molecule has 8 heteroatoms. The normalized spacial score (nSPS) is 16.1. The predicted molar refractivity (Wildman–Crippen MR) is 80.5 cm³/mol. The van der Waals surface area contributed by atoms with Crippen molar-refractivity contribution in [2.75, 3.05) is 19.6 Å². The molecule has 0 saturated carbocycles. The van der Waals surface area contributed by atoms with Crippen molar-refractivity contribution in [1.29, 1.82) is 0 Å². The molecule has 132 valence electrons. The van der Waals surface area contributed by atoms with Crippen LogP contribution in [0.5, 0.6) is 5.75 Å². The quantitative estimate of drug-likeness (QED) is 0.883. The summed E-state index contributed by atoms with van der Waals surface area (Å²) in [6, 6.07) is 4.70. The molecule has 1 saturated heterocycles. The number of benzene rings is 1. The molecule has 0 radical (unpaired) electrons. The number of hydrogen-bond acceptors (Lipinski definition) is 3. The van der Waals surface area contributed by atoms with E-state index in [0.29, 0.717) is 19.4 Å². The van der Waals surface area contributed by atoms with E-state index in [0.717, 1.165) is 10.5 Å². The molecule has 1 aromatic carbocycles. The number of alkyl halides is 3. The molecule has 0 atom stereocenters. The third-order valence-corrected chi connectivity index (χ3v) is 4.09. The second-order valence-corrected chi connectivity index (χ2v) is 5.96. The zero-order chi connectivity index (χ0) is 17.9. The monoisotopic (exact) mass is 344 g/mol. The Kier molecular flexibility index (Phi) is 5.36. The van der Waals surface area contributed by atoms with Gasteiger partial charge in [0.05, 0.1) is 5.56 Å². The first-order chi connectivity index (χ1) is 11.2. The van der Waals surface area contributed by atoms with Crippen molar-refractivity contribution in [1.82, 2.24) is 10.2 Å². The minimum absolute atomic E-state index is 0.00109. The number of nitrogens with one attached hydrogen (secondary N) is 1. The SMILES string of the molecule is Cc1ccc(C(=O)NCC2CCN(C(=O)C(F)(F)F)CC2)c(O)c1. The van der Waals surface area contributed by atoms with E-state index >= 15 is 0 Å². The van der Waals surface area contributed by atoms with Crippen molar-refractivity contribution in [2.24, 2.45) is 5.92 Å². The number of piperidine rings is 1. The first-order valence-corrected chi connectivity index (χ1v) is 7.62. The van der Waals surface area contributed by atoms with Gasteiger partial charge in [0.15, 0.2) is 0 Å². The van der Waals surface area contributed by atoms with Crippen LogP contribution in [0.4, 0.5) is 13.2 Å². The summed E-state index contributed by atoms with van der Waals surface area (Å²) in [6.45, 7) is 2.13. The summed E-state index contributed by atoms with van der Waals surface area (Å²) in [5.41, 5.74) is 0.982. The molecule has 1 heterocycles. The van der Waals surface area contributed by atoms with Crippen LogP contribution in [0.15, 0.2) is 18.2 Å². The number of halogens is 3. The predicted octanol–water partition coefficient (Wildman–Crippen LogP) is 2.23. The van der Waals surface area contributed by atoms with E-state index in [1.165, 1.54) is 12.1 Å². The molecule has 0 bridgehead atoms. The fraction of sp³-hybridized carbons (Fsp3) is 0.500. The van der Waals surface area contributed by atoms with Crippen LogP contribution in [0.2, 0.25) is 0 Å². The van der Waals surface area contributed by atoms with Crippen LogP contribution >= 0.6 is 0 Å². The second kappa shape index (κ2) is 7.11. The maximum atomic E-state index is 12.4. The van der Waals surface area contributed by atoms with Crippen LogP contribution in [0.1, 0.15) is 28.8 Å². The number of aryl methyl sites for hydroxylation is 1. The molecular formula is C16H19F3N2O3. The lowest BCUT2D eigenvalue weighted by atomic mass is 9.96. The van der Waals surface area contributed by atoms with Crippen molar-refractivity contribution in [3.63, 3.8) is 0 Å². The number of nitrogens with zero attached hydrogens (tertiary/aromatic N) is 1. The Morgan fingerprint density at radius 3 is 2.46 bits per heavy atom. The number of hydrogen-bond donors (Lipinski definition) is 2. The highest BCUT2D eigenvalue weighted by Gasteiger charge is 2.43. The highest BCUT2D eigenvalue weighted by molar-refractivity contribution is 5.96. The van der Waals surface area contributed by atoms with Crippen LogP contribution in [0.3, 0.4) is 0 Å². The van der Waals surface area contributed by atoms with Gasteiger partial charge < -0.3 is 15.3 Å². The van der Waals surface area contributed by atoms with Crippen LogP contribution < -0.4 is 5.32 Å². The maximum Gasteiger partial charge on any atom is 0.471 e. The second-order valence-electron chi connectivity index (χ2n) is 5.96. The highest BCUT2D eigenvalue weighted by atomic mass is 19.4.